The van der Waals surface area contributed by atoms with Crippen molar-refractivity contribution < 1.29 is 4.52 Å². The van der Waals surface area contributed by atoms with E-state index >= 15 is 0 Å². The fourth-order valence-electron chi connectivity index (χ4n) is 3.65. The van der Waals surface area contributed by atoms with Crippen LogP contribution in [0, 0.1) is 6.92 Å². The highest BCUT2D eigenvalue weighted by molar-refractivity contribution is 7.08. The number of piperazine rings is 1. The lowest BCUT2D eigenvalue weighted by atomic mass is 10.2. The van der Waals surface area contributed by atoms with Crippen molar-refractivity contribution in [2.45, 2.75) is 13.5 Å². The van der Waals surface area contributed by atoms with Gasteiger partial charge in [-0.25, -0.2) is 9.97 Å². The highest BCUT2D eigenvalue weighted by Gasteiger charge is 2.22. The normalized spacial score (nSPS) is 15.4. The molecule has 0 unspecified atom stereocenters. The molecule has 0 N–H and O–H groups in total. The molecule has 4 heterocycles. The van der Waals surface area contributed by atoms with Crippen LogP contribution in [-0.2, 0) is 6.54 Å². The molecular weight excluding hydrogens is 370 g/mol. The van der Waals surface area contributed by atoms with Crippen LogP contribution in [0.2, 0.25) is 0 Å². The molecule has 1 aliphatic heterocycles. The summed E-state index contributed by atoms with van der Waals surface area (Å²) in [6.45, 7) is 6.54. The van der Waals surface area contributed by atoms with Crippen molar-refractivity contribution >= 4 is 28.1 Å². The summed E-state index contributed by atoms with van der Waals surface area (Å²) in [6.07, 6.45) is 0. The molecule has 6 nitrogen and oxygen atoms in total. The minimum Gasteiger partial charge on any atom is -0.360 e. The third-order valence-corrected chi connectivity index (χ3v) is 5.77. The second-order valence-electron chi connectivity index (χ2n) is 7.10. The largest absolute Gasteiger partial charge is 0.360 e. The second-order valence-corrected chi connectivity index (χ2v) is 7.88. The lowest BCUT2D eigenvalue weighted by Gasteiger charge is -2.35. The summed E-state index contributed by atoms with van der Waals surface area (Å²) in [4.78, 5) is 14.5. The maximum Gasteiger partial charge on any atom is 0.162 e. The van der Waals surface area contributed by atoms with E-state index in [4.69, 9.17) is 14.5 Å². The van der Waals surface area contributed by atoms with Gasteiger partial charge in [0.15, 0.2) is 11.6 Å². The molecule has 0 radical (unpaired) electrons. The van der Waals surface area contributed by atoms with E-state index in [0.717, 1.165) is 72.3 Å². The van der Waals surface area contributed by atoms with Crippen LogP contribution in [0.15, 0.2) is 51.7 Å². The molecule has 3 aromatic heterocycles. The van der Waals surface area contributed by atoms with Gasteiger partial charge in [-0.2, -0.15) is 11.3 Å². The molecular formula is C21H21N5OS. The van der Waals surface area contributed by atoms with Crippen molar-refractivity contribution in [3.05, 3.63) is 58.6 Å². The molecule has 0 aliphatic carbocycles. The number of thiophene rings is 1. The maximum atomic E-state index is 5.37. The van der Waals surface area contributed by atoms with E-state index in [1.807, 2.05) is 19.1 Å². The van der Waals surface area contributed by atoms with Gasteiger partial charge in [-0.1, -0.05) is 17.3 Å². The molecule has 5 rings (SSSR count). The average Bonchev–Trinajstić information content (AvgIpc) is 3.40. The van der Waals surface area contributed by atoms with Crippen LogP contribution in [0.4, 0.5) is 5.82 Å². The minimum absolute atomic E-state index is 0.800. The van der Waals surface area contributed by atoms with Crippen molar-refractivity contribution in [3.8, 4) is 11.4 Å². The Morgan fingerprint density at radius 2 is 1.93 bits per heavy atom. The Balaban J connectivity index is 1.40. The topological polar surface area (TPSA) is 58.3 Å². The number of aryl methyl sites for hydroxylation is 1. The van der Waals surface area contributed by atoms with Crippen molar-refractivity contribution in [1.29, 1.82) is 0 Å². The predicted molar refractivity (Wildman–Crippen MR) is 112 cm³/mol. The molecule has 4 aromatic rings. The zero-order valence-electron chi connectivity index (χ0n) is 15.7. The molecule has 0 amide bonds. The zero-order valence-corrected chi connectivity index (χ0v) is 16.5. The Kier molecular flexibility index (Phi) is 4.54. The van der Waals surface area contributed by atoms with E-state index in [-0.39, 0.29) is 0 Å². The van der Waals surface area contributed by atoms with E-state index in [0.29, 0.717) is 0 Å². The van der Waals surface area contributed by atoms with Crippen LogP contribution < -0.4 is 4.90 Å². The summed E-state index contributed by atoms with van der Waals surface area (Å²) in [5.41, 5.74) is 3.01. The van der Waals surface area contributed by atoms with Crippen LogP contribution >= 0.6 is 11.3 Å². The maximum absolute atomic E-state index is 5.37. The number of rotatable bonds is 4. The van der Waals surface area contributed by atoms with Crippen molar-refractivity contribution in [1.82, 2.24) is 20.0 Å². The standard InChI is InChI=1S/C21H21N5OS/c1-15-12-17(27-24-15)13-25-7-9-26(10-8-25)21-18-4-2-3-5-19(18)22-20(23-21)16-6-11-28-14-16/h2-6,11-12,14H,7-10,13H2,1H3. The first-order valence-electron chi connectivity index (χ1n) is 9.45. The van der Waals surface area contributed by atoms with Crippen LogP contribution in [0.3, 0.4) is 0 Å². The number of para-hydroxylation sites is 1. The first kappa shape index (κ1) is 17.3. The van der Waals surface area contributed by atoms with E-state index < -0.39 is 0 Å². The Bertz CT molecular complexity index is 1080. The zero-order chi connectivity index (χ0) is 18.9. The molecule has 1 saturated heterocycles. The van der Waals surface area contributed by atoms with E-state index in [2.05, 4.69) is 50.0 Å². The van der Waals surface area contributed by atoms with Gasteiger partial charge >= 0.3 is 0 Å². The van der Waals surface area contributed by atoms with Gasteiger partial charge in [0.25, 0.3) is 0 Å². The van der Waals surface area contributed by atoms with Gasteiger partial charge in [0.2, 0.25) is 0 Å². The van der Waals surface area contributed by atoms with Gasteiger partial charge in [0, 0.05) is 48.6 Å². The van der Waals surface area contributed by atoms with Gasteiger partial charge in [0.1, 0.15) is 5.82 Å². The second kappa shape index (κ2) is 7.33. The third-order valence-electron chi connectivity index (χ3n) is 5.09. The van der Waals surface area contributed by atoms with Crippen LogP contribution in [0.5, 0.6) is 0 Å². The molecule has 0 spiro atoms. The van der Waals surface area contributed by atoms with Gasteiger partial charge in [0.05, 0.1) is 17.8 Å². The number of nitrogens with zero attached hydrogens (tertiary/aromatic N) is 5. The molecule has 1 aliphatic rings. The van der Waals surface area contributed by atoms with E-state index in [1.165, 1.54) is 0 Å². The minimum atomic E-state index is 0.800. The Labute approximate surface area is 167 Å². The van der Waals surface area contributed by atoms with Crippen molar-refractivity contribution in [2.24, 2.45) is 0 Å². The summed E-state index contributed by atoms with van der Waals surface area (Å²) >= 11 is 1.67. The van der Waals surface area contributed by atoms with Crippen LogP contribution in [0.25, 0.3) is 22.3 Å². The number of fused-ring (bicyclic) bond motifs is 1. The number of anilines is 1. The van der Waals surface area contributed by atoms with Crippen molar-refractivity contribution in [3.63, 3.8) is 0 Å². The van der Waals surface area contributed by atoms with Crippen molar-refractivity contribution in [2.75, 3.05) is 31.1 Å². The van der Waals surface area contributed by atoms with Gasteiger partial charge in [-0.3, -0.25) is 4.90 Å². The fourth-order valence-corrected chi connectivity index (χ4v) is 4.29. The highest BCUT2D eigenvalue weighted by Crippen LogP contribution is 2.29. The molecule has 7 heteroatoms. The predicted octanol–water partition coefficient (Wildman–Crippen LogP) is 3.98. The molecule has 28 heavy (non-hydrogen) atoms. The molecule has 0 atom stereocenters. The number of hydrogen-bond donors (Lipinski definition) is 0. The number of aromatic nitrogens is 3. The first-order valence-corrected chi connectivity index (χ1v) is 10.4. The smallest absolute Gasteiger partial charge is 0.162 e. The summed E-state index contributed by atoms with van der Waals surface area (Å²) in [6, 6.07) is 12.4. The molecule has 1 aromatic carbocycles. The molecule has 142 valence electrons. The Morgan fingerprint density at radius 1 is 1.07 bits per heavy atom. The Morgan fingerprint density at radius 3 is 2.68 bits per heavy atom. The molecule has 0 bridgehead atoms. The summed E-state index contributed by atoms with van der Waals surface area (Å²) in [5.74, 6) is 2.76. The monoisotopic (exact) mass is 391 g/mol. The van der Waals surface area contributed by atoms with Crippen LogP contribution in [0.1, 0.15) is 11.5 Å². The summed E-state index contributed by atoms with van der Waals surface area (Å²) in [7, 11) is 0. The van der Waals surface area contributed by atoms with Gasteiger partial charge < -0.3 is 9.42 Å². The lowest BCUT2D eigenvalue weighted by molar-refractivity contribution is 0.219. The number of benzene rings is 1. The lowest BCUT2D eigenvalue weighted by Crippen LogP contribution is -2.46. The van der Waals surface area contributed by atoms with Gasteiger partial charge in [-0.15, -0.1) is 0 Å². The first-order chi connectivity index (χ1) is 13.8. The summed E-state index contributed by atoms with van der Waals surface area (Å²) < 4.78 is 5.37. The van der Waals surface area contributed by atoms with E-state index in [1.54, 1.807) is 11.3 Å². The molecule has 0 saturated carbocycles. The SMILES string of the molecule is Cc1cc(CN2CCN(c3nc(-c4ccsc4)nc4ccccc34)CC2)on1. The van der Waals surface area contributed by atoms with E-state index in [9.17, 15) is 0 Å². The third kappa shape index (κ3) is 3.39. The molecule has 1 fully saturated rings. The number of hydrogen-bond acceptors (Lipinski definition) is 7. The fraction of sp³-hybridized carbons (Fsp3) is 0.286. The Hall–Kier alpha value is -2.77. The highest BCUT2D eigenvalue weighted by atomic mass is 32.1. The van der Waals surface area contributed by atoms with Crippen LogP contribution in [-0.4, -0.2) is 46.2 Å². The quantitative estimate of drug-likeness (QED) is 0.525. The van der Waals surface area contributed by atoms with Gasteiger partial charge in [-0.05, 0) is 30.5 Å². The average molecular weight is 392 g/mol. The summed E-state index contributed by atoms with van der Waals surface area (Å²) in [5, 5.41) is 9.27.